The molecular weight excluding hydrogens is 348 g/mol. The quantitative estimate of drug-likeness (QED) is 0.691. The molecule has 0 aliphatic carbocycles. The standard InChI is InChI=1S/C20H34N2O3S/c1-8-16(6)22(26(7,24)25)13-12-19(23)21-20-17(14(2)3)10-9-11-18(20)15(4)5/h9-11,14-16H,8,12-13H2,1-7H3,(H,21,23). The highest BCUT2D eigenvalue weighted by Gasteiger charge is 2.23. The number of nitrogens with one attached hydrogen (secondary N) is 1. The second-order valence-electron chi connectivity index (χ2n) is 7.55. The van der Waals surface area contributed by atoms with Crippen LogP contribution in [0.3, 0.4) is 0 Å². The highest BCUT2D eigenvalue weighted by atomic mass is 32.2. The zero-order chi connectivity index (χ0) is 20.1. The van der Waals surface area contributed by atoms with Gasteiger partial charge in [0.05, 0.1) is 6.26 Å². The second-order valence-corrected chi connectivity index (χ2v) is 9.49. The van der Waals surface area contributed by atoms with Crippen LogP contribution in [-0.4, -0.2) is 37.5 Å². The minimum atomic E-state index is -3.33. The van der Waals surface area contributed by atoms with Crippen molar-refractivity contribution in [2.24, 2.45) is 0 Å². The minimum Gasteiger partial charge on any atom is -0.326 e. The van der Waals surface area contributed by atoms with Gasteiger partial charge in [0, 0.05) is 24.7 Å². The molecule has 0 spiro atoms. The van der Waals surface area contributed by atoms with E-state index in [9.17, 15) is 13.2 Å². The SMILES string of the molecule is CCC(C)N(CCC(=O)Nc1c(C(C)C)cccc1C(C)C)S(C)(=O)=O. The van der Waals surface area contributed by atoms with Crippen LogP contribution in [-0.2, 0) is 14.8 Å². The van der Waals surface area contributed by atoms with Gasteiger partial charge in [-0.2, -0.15) is 4.31 Å². The van der Waals surface area contributed by atoms with Crippen LogP contribution in [0.25, 0.3) is 0 Å². The first kappa shape index (κ1) is 22.6. The maximum Gasteiger partial charge on any atom is 0.225 e. The fourth-order valence-electron chi connectivity index (χ4n) is 3.03. The van der Waals surface area contributed by atoms with E-state index in [1.54, 1.807) is 0 Å². The highest BCUT2D eigenvalue weighted by molar-refractivity contribution is 7.88. The Kier molecular flexibility index (Phi) is 8.28. The number of anilines is 1. The van der Waals surface area contributed by atoms with Crippen molar-refractivity contribution in [3.63, 3.8) is 0 Å². The van der Waals surface area contributed by atoms with Gasteiger partial charge in [0.2, 0.25) is 15.9 Å². The molecule has 1 atom stereocenters. The molecule has 0 heterocycles. The summed E-state index contributed by atoms with van der Waals surface area (Å²) >= 11 is 0. The van der Waals surface area contributed by atoms with Gasteiger partial charge in [0.1, 0.15) is 0 Å². The molecule has 0 saturated carbocycles. The van der Waals surface area contributed by atoms with Gasteiger partial charge in [-0.25, -0.2) is 8.42 Å². The number of para-hydroxylation sites is 1. The molecule has 0 fully saturated rings. The summed E-state index contributed by atoms with van der Waals surface area (Å²) in [5, 5.41) is 3.05. The summed E-state index contributed by atoms with van der Waals surface area (Å²) in [5.74, 6) is 0.421. The molecule has 6 heteroatoms. The second kappa shape index (κ2) is 9.51. The maximum absolute atomic E-state index is 12.6. The third kappa shape index (κ3) is 6.09. The van der Waals surface area contributed by atoms with Crippen LogP contribution in [0.5, 0.6) is 0 Å². The van der Waals surface area contributed by atoms with E-state index in [4.69, 9.17) is 0 Å². The smallest absolute Gasteiger partial charge is 0.225 e. The Morgan fingerprint density at radius 1 is 1.08 bits per heavy atom. The van der Waals surface area contributed by atoms with Crippen molar-refractivity contribution in [3.8, 4) is 0 Å². The van der Waals surface area contributed by atoms with E-state index in [0.717, 1.165) is 16.8 Å². The lowest BCUT2D eigenvalue weighted by molar-refractivity contribution is -0.116. The fraction of sp³-hybridized carbons (Fsp3) is 0.650. The van der Waals surface area contributed by atoms with Gasteiger partial charge in [-0.1, -0.05) is 52.8 Å². The van der Waals surface area contributed by atoms with E-state index < -0.39 is 10.0 Å². The first-order valence-electron chi connectivity index (χ1n) is 9.38. The van der Waals surface area contributed by atoms with Crippen LogP contribution in [0, 0.1) is 0 Å². The highest BCUT2D eigenvalue weighted by Crippen LogP contribution is 2.32. The number of hydrogen-bond donors (Lipinski definition) is 1. The van der Waals surface area contributed by atoms with Crippen LogP contribution < -0.4 is 5.32 Å². The number of rotatable bonds is 9. The van der Waals surface area contributed by atoms with E-state index >= 15 is 0 Å². The molecule has 26 heavy (non-hydrogen) atoms. The average Bonchev–Trinajstić information content (AvgIpc) is 2.53. The molecule has 1 aromatic carbocycles. The molecule has 0 aromatic heterocycles. The monoisotopic (exact) mass is 382 g/mol. The Balaban J connectivity index is 2.98. The summed E-state index contributed by atoms with van der Waals surface area (Å²) in [5.41, 5.74) is 3.08. The van der Waals surface area contributed by atoms with Crippen LogP contribution in [0.1, 0.15) is 77.3 Å². The number of carbonyl (C=O) groups excluding carboxylic acids is 1. The number of amides is 1. The lowest BCUT2D eigenvalue weighted by atomic mass is 9.92. The molecule has 1 unspecified atom stereocenters. The number of sulfonamides is 1. The molecule has 1 amide bonds. The van der Waals surface area contributed by atoms with Crippen molar-refractivity contribution < 1.29 is 13.2 Å². The predicted molar refractivity (Wildman–Crippen MR) is 109 cm³/mol. The van der Waals surface area contributed by atoms with Gasteiger partial charge in [0.15, 0.2) is 0 Å². The number of nitrogens with zero attached hydrogens (tertiary/aromatic N) is 1. The molecule has 0 bridgehead atoms. The largest absolute Gasteiger partial charge is 0.326 e. The number of hydrogen-bond acceptors (Lipinski definition) is 3. The molecule has 1 N–H and O–H groups in total. The molecular formula is C20H34N2O3S. The van der Waals surface area contributed by atoms with Crippen molar-refractivity contribution in [1.29, 1.82) is 0 Å². The molecule has 1 rings (SSSR count). The number of benzene rings is 1. The molecule has 1 aromatic rings. The summed E-state index contributed by atoms with van der Waals surface area (Å²) in [4.78, 5) is 12.6. The lowest BCUT2D eigenvalue weighted by Gasteiger charge is -2.26. The Morgan fingerprint density at radius 3 is 1.96 bits per heavy atom. The van der Waals surface area contributed by atoms with Gasteiger partial charge < -0.3 is 5.32 Å². The van der Waals surface area contributed by atoms with Gasteiger partial charge in [0.25, 0.3) is 0 Å². The third-order valence-corrected chi connectivity index (χ3v) is 6.10. The maximum atomic E-state index is 12.6. The number of carbonyl (C=O) groups is 1. The Morgan fingerprint density at radius 2 is 1.58 bits per heavy atom. The van der Waals surface area contributed by atoms with Crippen molar-refractivity contribution in [1.82, 2.24) is 4.31 Å². The van der Waals surface area contributed by atoms with Crippen molar-refractivity contribution in [3.05, 3.63) is 29.3 Å². The molecule has 5 nitrogen and oxygen atoms in total. The van der Waals surface area contributed by atoms with Crippen molar-refractivity contribution >= 4 is 21.6 Å². The van der Waals surface area contributed by atoms with Gasteiger partial charge in [-0.3, -0.25) is 4.79 Å². The first-order valence-corrected chi connectivity index (χ1v) is 11.2. The van der Waals surface area contributed by atoms with E-state index in [1.165, 1.54) is 10.6 Å². The third-order valence-electron chi connectivity index (χ3n) is 4.71. The fourth-order valence-corrected chi connectivity index (χ4v) is 4.25. The van der Waals surface area contributed by atoms with Gasteiger partial charge in [-0.05, 0) is 36.3 Å². The normalized spacial score (nSPS) is 13.5. The van der Waals surface area contributed by atoms with Gasteiger partial charge in [-0.15, -0.1) is 0 Å². The van der Waals surface area contributed by atoms with Crippen LogP contribution in [0.2, 0.25) is 0 Å². The summed E-state index contributed by atoms with van der Waals surface area (Å²) in [6.07, 6.45) is 2.05. The summed E-state index contributed by atoms with van der Waals surface area (Å²) in [7, 11) is -3.33. The Bertz CT molecular complexity index is 686. The Labute approximate surface area is 159 Å². The topological polar surface area (TPSA) is 66.5 Å². The minimum absolute atomic E-state index is 0.119. The predicted octanol–water partition coefficient (Wildman–Crippen LogP) is 4.32. The Hall–Kier alpha value is -1.40. The molecule has 0 aliphatic heterocycles. The van der Waals surface area contributed by atoms with Gasteiger partial charge >= 0.3 is 0 Å². The lowest BCUT2D eigenvalue weighted by Crippen LogP contribution is -2.39. The first-order chi connectivity index (χ1) is 12.0. The average molecular weight is 383 g/mol. The summed E-state index contributed by atoms with van der Waals surface area (Å²) in [6.45, 7) is 12.4. The van der Waals surface area contributed by atoms with E-state index in [1.807, 2.05) is 32.0 Å². The molecule has 0 saturated heterocycles. The molecule has 148 valence electrons. The van der Waals surface area contributed by atoms with Crippen LogP contribution >= 0.6 is 0 Å². The van der Waals surface area contributed by atoms with E-state index in [0.29, 0.717) is 6.42 Å². The zero-order valence-corrected chi connectivity index (χ0v) is 18.0. The van der Waals surface area contributed by atoms with Crippen LogP contribution in [0.15, 0.2) is 18.2 Å². The molecule has 0 aliphatic rings. The van der Waals surface area contributed by atoms with Crippen molar-refractivity contribution in [2.45, 2.75) is 72.3 Å². The zero-order valence-electron chi connectivity index (χ0n) is 17.2. The van der Waals surface area contributed by atoms with E-state index in [-0.39, 0.29) is 36.8 Å². The van der Waals surface area contributed by atoms with E-state index in [2.05, 4.69) is 33.0 Å². The van der Waals surface area contributed by atoms with Crippen LogP contribution in [0.4, 0.5) is 5.69 Å². The summed E-state index contributed by atoms with van der Waals surface area (Å²) < 4.78 is 25.4. The van der Waals surface area contributed by atoms with Crippen molar-refractivity contribution in [2.75, 3.05) is 18.1 Å². The summed E-state index contributed by atoms with van der Waals surface area (Å²) in [6, 6.07) is 5.98. The molecule has 0 radical (unpaired) electrons.